The van der Waals surface area contributed by atoms with Gasteiger partial charge in [0.2, 0.25) is 0 Å². The molecule has 1 fully saturated rings. The average Bonchev–Trinajstić information content (AvgIpc) is 3.26. The summed E-state index contributed by atoms with van der Waals surface area (Å²) in [6.45, 7) is 9.46. The standard InChI is InChI=1S/C25H32N4O2.CH3I/c1-5-19-10-11-22(31-6-2)23(26-19)25(30)29-13-8-7-9-21(29)15-20-16-28-14-12-17(3)18(4)24(28)27-20;1-2/h10-12,14,16,21H,5-9,13,15H2,1-4H3;1H3/t21-;/m0./s1. The molecule has 33 heavy (non-hydrogen) atoms. The van der Waals surface area contributed by atoms with E-state index in [1.54, 1.807) is 0 Å². The summed E-state index contributed by atoms with van der Waals surface area (Å²) < 4.78 is 7.83. The molecular weight excluding hydrogens is 527 g/mol. The average molecular weight is 562 g/mol. The van der Waals surface area contributed by atoms with Crippen LogP contribution in [0.1, 0.15) is 66.1 Å². The predicted octanol–water partition coefficient (Wildman–Crippen LogP) is 5.60. The number of likely N-dealkylation sites (tertiary alicyclic amines) is 1. The van der Waals surface area contributed by atoms with Crippen LogP contribution in [0.5, 0.6) is 5.75 Å². The number of carbonyl (C=O) groups excluding carboxylic acids is 1. The molecule has 6 nitrogen and oxygen atoms in total. The number of fused-ring (bicyclic) bond motifs is 1. The molecule has 1 saturated heterocycles. The number of rotatable bonds is 6. The van der Waals surface area contributed by atoms with Crippen LogP contribution in [0, 0.1) is 13.8 Å². The highest BCUT2D eigenvalue weighted by Crippen LogP contribution is 2.26. The molecule has 0 spiro atoms. The number of aromatic nitrogens is 3. The first kappa shape index (κ1) is 25.5. The third-order valence-corrected chi connectivity index (χ3v) is 6.31. The number of imidazole rings is 1. The van der Waals surface area contributed by atoms with Gasteiger partial charge in [-0.3, -0.25) is 4.79 Å². The van der Waals surface area contributed by atoms with Crippen molar-refractivity contribution in [2.24, 2.45) is 0 Å². The van der Waals surface area contributed by atoms with Crippen molar-refractivity contribution in [1.82, 2.24) is 19.3 Å². The van der Waals surface area contributed by atoms with E-state index < -0.39 is 0 Å². The van der Waals surface area contributed by atoms with Crippen LogP contribution in [0.2, 0.25) is 0 Å². The number of ether oxygens (including phenoxy) is 1. The van der Waals surface area contributed by atoms with E-state index in [1.807, 2.05) is 35.8 Å². The summed E-state index contributed by atoms with van der Waals surface area (Å²) in [7, 11) is 0. The largest absolute Gasteiger partial charge is 0.491 e. The second-order valence-corrected chi connectivity index (χ2v) is 8.38. The summed E-state index contributed by atoms with van der Waals surface area (Å²) in [6.07, 6.45) is 8.82. The maximum Gasteiger partial charge on any atom is 0.276 e. The predicted molar refractivity (Wildman–Crippen MR) is 142 cm³/mol. The Labute approximate surface area is 210 Å². The quantitative estimate of drug-likeness (QED) is 0.290. The van der Waals surface area contributed by atoms with Gasteiger partial charge in [0, 0.05) is 37.1 Å². The summed E-state index contributed by atoms with van der Waals surface area (Å²) in [5.41, 5.74) is 5.82. The van der Waals surface area contributed by atoms with Crippen LogP contribution in [0.3, 0.4) is 0 Å². The van der Waals surface area contributed by atoms with E-state index in [-0.39, 0.29) is 11.9 Å². The molecule has 0 aliphatic carbocycles. The lowest BCUT2D eigenvalue weighted by Gasteiger charge is -2.35. The van der Waals surface area contributed by atoms with Gasteiger partial charge in [0.15, 0.2) is 11.4 Å². The van der Waals surface area contributed by atoms with Crippen LogP contribution < -0.4 is 4.74 Å². The number of aryl methyl sites for hydroxylation is 3. The van der Waals surface area contributed by atoms with Crippen molar-refractivity contribution >= 4 is 34.1 Å². The van der Waals surface area contributed by atoms with Crippen molar-refractivity contribution in [3.8, 4) is 5.75 Å². The lowest BCUT2D eigenvalue weighted by atomic mass is 9.97. The molecule has 0 N–H and O–H groups in total. The van der Waals surface area contributed by atoms with Gasteiger partial charge in [-0.25, -0.2) is 9.97 Å². The molecule has 7 heteroatoms. The first-order chi connectivity index (χ1) is 16.0. The lowest BCUT2D eigenvalue weighted by Crippen LogP contribution is -2.45. The summed E-state index contributed by atoms with van der Waals surface area (Å²) in [4.78, 5) is 27.1. The molecule has 178 valence electrons. The summed E-state index contributed by atoms with van der Waals surface area (Å²) in [5, 5.41) is 0. The van der Waals surface area contributed by atoms with E-state index in [4.69, 9.17) is 9.72 Å². The fourth-order valence-electron chi connectivity index (χ4n) is 4.39. The van der Waals surface area contributed by atoms with Gasteiger partial charge >= 0.3 is 0 Å². The number of piperidine rings is 1. The van der Waals surface area contributed by atoms with Crippen molar-refractivity contribution in [2.45, 2.75) is 65.8 Å². The molecule has 4 rings (SSSR count). The fourth-order valence-corrected chi connectivity index (χ4v) is 4.39. The zero-order valence-electron chi connectivity index (χ0n) is 20.4. The Morgan fingerprint density at radius 2 is 1.91 bits per heavy atom. The summed E-state index contributed by atoms with van der Waals surface area (Å²) in [5.74, 6) is 0.548. The van der Waals surface area contributed by atoms with Gasteiger partial charge in [-0.1, -0.05) is 29.5 Å². The molecule has 3 aromatic heterocycles. The number of nitrogens with zero attached hydrogens (tertiary/aromatic N) is 4. The number of hydrogen-bond acceptors (Lipinski definition) is 4. The zero-order valence-corrected chi connectivity index (χ0v) is 22.6. The molecule has 1 aliphatic heterocycles. The first-order valence-electron chi connectivity index (χ1n) is 11.8. The summed E-state index contributed by atoms with van der Waals surface area (Å²) >= 11 is 2.15. The van der Waals surface area contributed by atoms with Crippen molar-refractivity contribution in [3.63, 3.8) is 0 Å². The summed E-state index contributed by atoms with van der Waals surface area (Å²) in [6, 6.07) is 6.06. The van der Waals surface area contributed by atoms with E-state index in [0.717, 1.165) is 55.7 Å². The van der Waals surface area contributed by atoms with Crippen LogP contribution >= 0.6 is 22.6 Å². The highest BCUT2D eigenvalue weighted by Gasteiger charge is 2.31. The van der Waals surface area contributed by atoms with Crippen LogP contribution in [0.25, 0.3) is 5.65 Å². The molecular formula is C26H35IN4O2. The zero-order chi connectivity index (χ0) is 24.0. The molecule has 0 bridgehead atoms. The Morgan fingerprint density at radius 1 is 1.12 bits per heavy atom. The smallest absolute Gasteiger partial charge is 0.276 e. The molecule has 0 saturated carbocycles. The van der Waals surface area contributed by atoms with Crippen molar-refractivity contribution in [2.75, 3.05) is 18.1 Å². The molecule has 0 unspecified atom stereocenters. The number of alkyl halides is 1. The number of amides is 1. The third kappa shape index (κ3) is 5.67. The third-order valence-electron chi connectivity index (χ3n) is 6.31. The van der Waals surface area contributed by atoms with E-state index in [9.17, 15) is 4.79 Å². The molecule has 0 radical (unpaired) electrons. The topological polar surface area (TPSA) is 59.7 Å². The normalized spacial score (nSPS) is 15.8. The number of carbonyl (C=O) groups is 1. The first-order valence-corrected chi connectivity index (χ1v) is 13.9. The number of hydrogen-bond donors (Lipinski definition) is 0. The van der Waals surface area contributed by atoms with E-state index in [0.29, 0.717) is 18.1 Å². The Bertz CT molecular complexity index is 1100. The maximum absolute atomic E-state index is 13.6. The number of pyridine rings is 2. The highest BCUT2D eigenvalue weighted by molar-refractivity contribution is 14.1. The van der Waals surface area contributed by atoms with E-state index in [2.05, 4.69) is 64.3 Å². The molecule has 1 amide bonds. The highest BCUT2D eigenvalue weighted by atomic mass is 127. The van der Waals surface area contributed by atoms with Gasteiger partial charge in [-0.15, -0.1) is 0 Å². The molecule has 1 aliphatic rings. The second-order valence-electron chi connectivity index (χ2n) is 8.38. The minimum Gasteiger partial charge on any atom is -0.491 e. The van der Waals surface area contributed by atoms with Gasteiger partial charge in [0.05, 0.1) is 12.3 Å². The SMILES string of the molecule is CCOc1ccc(CC)nc1C(=O)N1CCCC[C@H]1Cc1cn2ccc(C)c(C)c2n1.CI. The van der Waals surface area contributed by atoms with Gasteiger partial charge in [0.25, 0.3) is 5.91 Å². The van der Waals surface area contributed by atoms with Gasteiger partial charge in [-0.05, 0) is 80.7 Å². The van der Waals surface area contributed by atoms with Crippen LogP contribution in [-0.4, -0.2) is 49.3 Å². The van der Waals surface area contributed by atoms with Crippen LogP contribution in [-0.2, 0) is 12.8 Å². The van der Waals surface area contributed by atoms with Crippen molar-refractivity contribution in [3.05, 3.63) is 58.8 Å². The maximum atomic E-state index is 13.6. The second kappa shape index (κ2) is 11.8. The van der Waals surface area contributed by atoms with Gasteiger partial charge < -0.3 is 14.0 Å². The van der Waals surface area contributed by atoms with Crippen LogP contribution in [0.15, 0.2) is 30.6 Å². The Morgan fingerprint density at radius 3 is 2.64 bits per heavy atom. The monoisotopic (exact) mass is 562 g/mol. The van der Waals surface area contributed by atoms with Crippen molar-refractivity contribution < 1.29 is 9.53 Å². The molecule has 4 heterocycles. The minimum absolute atomic E-state index is 0.0285. The Balaban J connectivity index is 0.00000149. The molecule has 0 aromatic carbocycles. The minimum atomic E-state index is -0.0285. The fraction of sp³-hybridized carbons (Fsp3) is 0.500. The van der Waals surface area contributed by atoms with E-state index >= 15 is 0 Å². The van der Waals surface area contributed by atoms with Crippen molar-refractivity contribution in [1.29, 1.82) is 0 Å². The number of halogens is 1. The van der Waals surface area contributed by atoms with Gasteiger partial charge in [-0.2, -0.15) is 0 Å². The van der Waals surface area contributed by atoms with Crippen LogP contribution in [0.4, 0.5) is 0 Å². The Hall–Kier alpha value is -2.16. The Kier molecular flexibility index (Phi) is 9.11. The van der Waals surface area contributed by atoms with Gasteiger partial charge in [0.1, 0.15) is 5.65 Å². The lowest BCUT2D eigenvalue weighted by molar-refractivity contribution is 0.0601. The van der Waals surface area contributed by atoms with E-state index in [1.165, 1.54) is 11.1 Å². The molecule has 1 atom stereocenters. The molecule has 3 aromatic rings.